The molecule has 0 saturated carbocycles. The number of aryl methyl sites for hydroxylation is 3. The molecule has 4 aromatic heterocycles. The minimum atomic E-state index is -1.63. The number of aliphatic hydroxyl groups is 1. The molecule has 0 amide bonds. The first-order chi connectivity index (χ1) is 17.8. The van der Waals surface area contributed by atoms with E-state index in [1.165, 1.54) is 18.0 Å². The largest absolute Gasteiger partial charge is 0.479 e. The predicted octanol–water partition coefficient (Wildman–Crippen LogP) is 3.69. The van der Waals surface area contributed by atoms with Crippen LogP contribution in [0.4, 0.5) is 0 Å². The van der Waals surface area contributed by atoms with Crippen LogP contribution in [0, 0.1) is 13.8 Å². The Bertz CT molecular complexity index is 1590. The number of nitrogens with zero attached hydrogens (tertiary/aromatic N) is 7. The van der Waals surface area contributed by atoms with Gasteiger partial charge >= 0.3 is 0 Å². The summed E-state index contributed by atoms with van der Waals surface area (Å²) in [6.07, 6.45) is 4.79. The first-order valence-corrected chi connectivity index (χ1v) is 11.8. The number of rotatable bonds is 7. The second-order valence-corrected chi connectivity index (χ2v) is 8.87. The fourth-order valence-electron chi connectivity index (χ4n) is 4.34. The van der Waals surface area contributed by atoms with E-state index in [1.54, 1.807) is 43.7 Å². The molecule has 10 nitrogen and oxygen atoms in total. The summed E-state index contributed by atoms with van der Waals surface area (Å²) in [5.41, 5.74) is 2.06. The minimum absolute atomic E-state index is 0.0721. The summed E-state index contributed by atoms with van der Waals surface area (Å²) in [6.45, 7) is 3.83. The first-order valence-electron chi connectivity index (χ1n) is 11.4. The molecule has 1 aromatic carbocycles. The van der Waals surface area contributed by atoms with Crippen LogP contribution in [-0.4, -0.2) is 47.1 Å². The van der Waals surface area contributed by atoms with Crippen LogP contribution in [0.2, 0.25) is 5.02 Å². The molecule has 0 aliphatic heterocycles. The lowest BCUT2D eigenvalue weighted by Gasteiger charge is -2.30. The maximum atomic E-state index is 12.4. The Morgan fingerprint density at radius 3 is 2.54 bits per heavy atom. The van der Waals surface area contributed by atoms with Gasteiger partial charge in [-0.2, -0.15) is 0 Å². The molecule has 0 saturated heterocycles. The lowest BCUT2D eigenvalue weighted by atomic mass is 9.82. The summed E-state index contributed by atoms with van der Waals surface area (Å²) >= 11 is 6.86. The van der Waals surface area contributed by atoms with Crippen molar-refractivity contribution in [1.82, 2.24) is 34.9 Å². The lowest BCUT2D eigenvalue weighted by molar-refractivity contribution is 0.115. The van der Waals surface area contributed by atoms with Gasteiger partial charge in [-0.25, -0.2) is 19.6 Å². The second kappa shape index (κ2) is 9.72. The van der Waals surface area contributed by atoms with E-state index in [4.69, 9.17) is 21.1 Å². The van der Waals surface area contributed by atoms with Gasteiger partial charge in [0.25, 0.3) is 5.88 Å². The molecule has 0 radical (unpaired) electrons. The Morgan fingerprint density at radius 2 is 1.86 bits per heavy atom. The Hall–Kier alpha value is -4.15. The minimum Gasteiger partial charge on any atom is -0.479 e. The Kier molecular flexibility index (Phi) is 6.45. The van der Waals surface area contributed by atoms with Crippen molar-refractivity contribution in [3.63, 3.8) is 0 Å². The van der Waals surface area contributed by atoms with Crippen molar-refractivity contribution in [2.75, 3.05) is 7.11 Å². The quantitative estimate of drug-likeness (QED) is 0.344. The summed E-state index contributed by atoms with van der Waals surface area (Å²) in [5.74, 6) is 0.959. The SMILES string of the molecule is COc1nc2ccc([C@](O)(c3ccc(C)nc3C)c3cnnn3C)cc2c(Cl)c1OCc1ncccn1. The van der Waals surface area contributed by atoms with E-state index in [9.17, 15) is 5.11 Å². The van der Waals surface area contributed by atoms with E-state index < -0.39 is 5.60 Å². The Labute approximate surface area is 217 Å². The van der Waals surface area contributed by atoms with Gasteiger partial charge in [0.1, 0.15) is 6.61 Å². The van der Waals surface area contributed by atoms with E-state index >= 15 is 0 Å². The van der Waals surface area contributed by atoms with E-state index in [0.717, 1.165) is 5.69 Å². The molecule has 188 valence electrons. The van der Waals surface area contributed by atoms with Crippen molar-refractivity contribution in [3.05, 3.63) is 94.0 Å². The van der Waals surface area contributed by atoms with Crippen LogP contribution in [-0.2, 0) is 19.3 Å². The van der Waals surface area contributed by atoms with E-state index in [1.807, 2.05) is 26.0 Å². The highest BCUT2D eigenvalue weighted by Crippen LogP contribution is 2.43. The highest BCUT2D eigenvalue weighted by atomic mass is 35.5. The molecule has 0 fully saturated rings. The highest BCUT2D eigenvalue weighted by Gasteiger charge is 2.39. The Morgan fingerprint density at radius 1 is 1.08 bits per heavy atom. The predicted molar refractivity (Wildman–Crippen MR) is 136 cm³/mol. The van der Waals surface area contributed by atoms with Crippen molar-refractivity contribution in [3.8, 4) is 11.6 Å². The summed E-state index contributed by atoms with van der Waals surface area (Å²) < 4.78 is 12.9. The molecule has 5 aromatic rings. The number of halogens is 1. The molecule has 1 N–H and O–H groups in total. The van der Waals surface area contributed by atoms with Gasteiger partial charge in [0, 0.05) is 41.8 Å². The zero-order valence-corrected chi connectivity index (χ0v) is 21.4. The number of ether oxygens (including phenoxy) is 2. The average Bonchev–Trinajstić information content (AvgIpc) is 3.34. The molecule has 0 spiro atoms. The van der Waals surface area contributed by atoms with Crippen LogP contribution < -0.4 is 9.47 Å². The molecule has 0 bridgehead atoms. The van der Waals surface area contributed by atoms with Crippen LogP contribution in [0.5, 0.6) is 11.6 Å². The number of aromatic nitrogens is 7. The van der Waals surface area contributed by atoms with E-state index in [-0.39, 0.29) is 23.3 Å². The van der Waals surface area contributed by atoms with Gasteiger partial charge in [-0.05, 0) is 43.7 Å². The zero-order valence-electron chi connectivity index (χ0n) is 20.7. The maximum Gasteiger partial charge on any atom is 0.258 e. The highest BCUT2D eigenvalue weighted by molar-refractivity contribution is 6.37. The topological polar surface area (TPSA) is 121 Å². The fourth-order valence-corrected chi connectivity index (χ4v) is 4.63. The number of methoxy groups -OCH3 is 1. The summed E-state index contributed by atoms with van der Waals surface area (Å²) in [5, 5.41) is 21.3. The summed E-state index contributed by atoms with van der Waals surface area (Å²) in [4.78, 5) is 17.5. The third kappa shape index (κ3) is 4.34. The number of fused-ring (bicyclic) bond motifs is 1. The summed E-state index contributed by atoms with van der Waals surface area (Å²) in [6, 6.07) is 10.8. The molecule has 37 heavy (non-hydrogen) atoms. The molecular formula is C26H24ClN7O3. The molecule has 0 aliphatic rings. The summed E-state index contributed by atoms with van der Waals surface area (Å²) in [7, 11) is 3.22. The van der Waals surface area contributed by atoms with Crippen molar-refractivity contribution in [2.45, 2.75) is 26.1 Å². The number of hydrogen-bond donors (Lipinski definition) is 1. The standard InChI is InChI=1S/C26H24ClN7O3/c1-15-6-8-19(16(2)31-15)26(35,21-13-30-33-34(21)3)17-7-9-20-18(12-17)23(27)24(25(32-20)36-4)37-14-22-28-10-5-11-29-22/h5-13,35H,14H2,1-4H3/t26-/m0/s1. The third-order valence-corrected chi connectivity index (χ3v) is 6.50. The van der Waals surface area contributed by atoms with Crippen molar-refractivity contribution < 1.29 is 14.6 Å². The Balaban J connectivity index is 1.68. The zero-order chi connectivity index (χ0) is 26.2. The third-order valence-electron chi connectivity index (χ3n) is 6.12. The number of hydrogen-bond acceptors (Lipinski definition) is 9. The van der Waals surface area contributed by atoms with Gasteiger partial charge in [-0.15, -0.1) is 5.10 Å². The molecule has 11 heteroatoms. The van der Waals surface area contributed by atoms with Crippen LogP contribution >= 0.6 is 11.6 Å². The van der Waals surface area contributed by atoms with Gasteiger partial charge in [-0.1, -0.05) is 28.9 Å². The van der Waals surface area contributed by atoms with Gasteiger partial charge in [0.2, 0.25) is 5.75 Å². The molecule has 0 unspecified atom stereocenters. The lowest BCUT2D eigenvalue weighted by Crippen LogP contribution is -2.32. The van der Waals surface area contributed by atoms with Crippen LogP contribution in [0.15, 0.2) is 55.0 Å². The smallest absolute Gasteiger partial charge is 0.258 e. The molecule has 1 atom stereocenters. The van der Waals surface area contributed by atoms with Crippen molar-refractivity contribution >= 4 is 22.5 Å². The normalized spacial score (nSPS) is 12.9. The van der Waals surface area contributed by atoms with Gasteiger partial charge in [0.05, 0.1) is 29.5 Å². The molecule has 0 aliphatic carbocycles. The van der Waals surface area contributed by atoms with Crippen molar-refractivity contribution in [1.29, 1.82) is 0 Å². The second-order valence-electron chi connectivity index (χ2n) is 8.49. The van der Waals surface area contributed by atoms with Crippen LogP contribution in [0.1, 0.15) is 34.0 Å². The molecule has 4 heterocycles. The van der Waals surface area contributed by atoms with Gasteiger partial charge in [-0.3, -0.25) is 4.98 Å². The molecular weight excluding hydrogens is 494 g/mol. The number of benzene rings is 1. The fraction of sp³-hybridized carbons (Fsp3) is 0.231. The van der Waals surface area contributed by atoms with Crippen LogP contribution in [0.25, 0.3) is 10.9 Å². The monoisotopic (exact) mass is 517 g/mol. The van der Waals surface area contributed by atoms with Crippen molar-refractivity contribution in [2.24, 2.45) is 7.05 Å². The first kappa shape index (κ1) is 24.5. The average molecular weight is 518 g/mol. The van der Waals surface area contributed by atoms with Gasteiger partial charge < -0.3 is 14.6 Å². The number of pyridine rings is 2. The molecule has 5 rings (SSSR count). The van der Waals surface area contributed by atoms with E-state index in [0.29, 0.717) is 39.2 Å². The van der Waals surface area contributed by atoms with E-state index in [2.05, 4.69) is 30.2 Å². The van der Waals surface area contributed by atoms with Gasteiger partial charge in [0.15, 0.2) is 11.4 Å². The maximum absolute atomic E-state index is 12.4. The van der Waals surface area contributed by atoms with Crippen LogP contribution in [0.3, 0.4) is 0 Å².